The van der Waals surface area contributed by atoms with Gasteiger partial charge in [0.2, 0.25) is 0 Å². The smallest absolute Gasteiger partial charge is 0.0483 e. The molecule has 80 valence electrons. The average Bonchev–Trinajstić information content (AvgIpc) is 2.68. The summed E-state index contributed by atoms with van der Waals surface area (Å²) in [5.74, 6) is 0. The lowest BCUT2D eigenvalue weighted by Gasteiger charge is -2.04. The third kappa shape index (κ3) is 2.03. The third-order valence-corrected chi connectivity index (χ3v) is 2.63. The van der Waals surface area contributed by atoms with Gasteiger partial charge in [0.25, 0.3) is 0 Å². The van der Waals surface area contributed by atoms with Gasteiger partial charge in [-0.05, 0) is 29.5 Å². The second kappa shape index (κ2) is 4.47. The van der Waals surface area contributed by atoms with E-state index in [1.54, 1.807) is 0 Å². The Balaban J connectivity index is 2.38. The predicted octanol–water partition coefficient (Wildman–Crippen LogP) is 1.48. The van der Waals surface area contributed by atoms with Crippen LogP contribution in [0.4, 0.5) is 0 Å². The SMILES string of the molecule is NCc1ccc2ccn(CCCO)c2c1. The summed E-state index contributed by atoms with van der Waals surface area (Å²) in [6, 6.07) is 8.35. The Labute approximate surface area is 89.1 Å². The molecule has 0 amide bonds. The van der Waals surface area contributed by atoms with Gasteiger partial charge in [-0.3, -0.25) is 0 Å². The zero-order valence-corrected chi connectivity index (χ0v) is 8.69. The fourth-order valence-electron chi connectivity index (χ4n) is 1.79. The highest BCUT2D eigenvalue weighted by atomic mass is 16.3. The first-order valence-electron chi connectivity index (χ1n) is 5.24. The number of hydrogen-bond acceptors (Lipinski definition) is 2. The van der Waals surface area contributed by atoms with E-state index in [9.17, 15) is 0 Å². The van der Waals surface area contributed by atoms with E-state index in [-0.39, 0.29) is 6.61 Å². The third-order valence-electron chi connectivity index (χ3n) is 2.63. The molecule has 0 unspecified atom stereocenters. The Morgan fingerprint density at radius 1 is 1.27 bits per heavy atom. The zero-order valence-electron chi connectivity index (χ0n) is 8.69. The second-order valence-corrected chi connectivity index (χ2v) is 3.68. The van der Waals surface area contributed by atoms with Gasteiger partial charge in [0.1, 0.15) is 0 Å². The summed E-state index contributed by atoms with van der Waals surface area (Å²) < 4.78 is 2.16. The van der Waals surface area contributed by atoms with Crippen molar-refractivity contribution in [3.63, 3.8) is 0 Å². The number of aromatic nitrogens is 1. The molecule has 0 aliphatic rings. The van der Waals surface area contributed by atoms with Crippen molar-refractivity contribution in [3.05, 3.63) is 36.0 Å². The second-order valence-electron chi connectivity index (χ2n) is 3.68. The molecule has 3 nitrogen and oxygen atoms in total. The van der Waals surface area contributed by atoms with Crippen molar-refractivity contribution in [1.82, 2.24) is 4.57 Å². The van der Waals surface area contributed by atoms with Crippen LogP contribution in [-0.2, 0) is 13.1 Å². The number of hydrogen-bond donors (Lipinski definition) is 2. The number of rotatable bonds is 4. The van der Waals surface area contributed by atoms with Gasteiger partial charge in [-0.1, -0.05) is 12.1 Å². The van der Waals surface area contributed by atoms with Gasteiger partial charge in [-0.2, -0.15) is 0 Å². The van der Waals surface area contributed by atoms with E-state index in [4.69, 9.17) is 10.8 Å². The van der Waals surface area contributed by atoms with Gasteiger partial charge in [0.15, 0.2) is 0 Å². The number of aliphatic hydroxyl groups excluding tert-OH is 1. The Morgan fingerprint density at radius 2 is 2.13 bits per heavy atom. The number of fused-ring (bicyclic) bond motifs is 1. The standard InChI is InChI=1S/C12H16N2O/c13-9-10-2-3-11-4-6-14(5-1-7-15)12(11)8-10/h2-4,6,8,15H,1,5,7,9,13H2. The lowest BCUT2D eigenvalue weighted by molar-refractivity contribution is 0.280. The van der Waals surface area contributed by atoms with Gasteiger partial charge < -0.3 is 15.4 Å². The summed E-state index contributed by atoms with van der Waals surface area (Å²) in [5, 5.41) is 10.0. The Morgan fingerprint density at radius 3 is 2.87 bits per heavy atom. The topological polar surface area (TPSA) is 51.2 Å². The predicted molar refractivity (Wildman–Crippen MR) is 61.5 cm³/mol. The van der Waals surface area contributed by atoms with Crippen molar-refractivity contribution in [1.29, 1.82) is 0 Å². The Kier molecular flexibility index (Phi) is 3.04. The van der Waals surface area contributed by atoms with E-state index >= 15 is 0 Å². The molecule has 0 saturated heterocycles. The van der Waals surface area contributed by atoms with Crippen molar-refractivity contribution in [2.75, 3.05) is 6.61 Å². The fraction of sp³-hybridized carbons (Fsp3) is 0.333. The van der Waals surface area contributed by atoms with E-state index < -0.39 is 0 Å². The molecule has 0 bridgehead atoms. The maximum atomic E-state index is 8.80. The van der Waals surface area contributed by atoms with E-state index in [0.29, 0.717) is 6.54 Å². The monoisotopic (exact) mass is 204 g/mol. The minimum atomic E-state index is 0.232. The van der Waals surface area contributed by atoms with E-state index in [0.717, 1.165) is 18.5 Å². The largest absolute Gasteiger partial charge is 0.396 e. The number of benzene rings is 1. The number of nitrogens with zero attached hydrogens (tertiary/aromatic N) is 1. The lowest BCUT2D eigenvalue weighted by atomic mass is 10.1. The number of aliphatic hydroxyl groups is 1. The zero-order chi connectivity index (χ0) is 10.7. The first-order valence-corrected chi connectivity index (χ1v) is 5.24. The maximum absolute atomic E-state index is 8.80. The van der Waals surface area contributed by atoms with Gasteiger partial charge in [-0.15, -0.1) is 0 Å². The summed E-state index contributed by atoms with van der Waals surface area (Å²) >= 11 is 0. The summed E-state index contributed by atoms with van der Waals surface area (Å²) in [4.78, 5) is 0. The normalized spacial score (nSPS) is 11.1. The molecule has 1 aromatic carbocycles. The summed E-state index contributed by atoms with van der Waals surface area (Å²) in [7, 11) is 0. The molecule has 1 aromatic heterocycles. The summed E-state index contributed by atoms with van der Waals surface area (Å²) in [6.07, 6.45) is 2.84. The average molecular weight is 204 g/mol. The van der Waals surface area contributed by atoms with Crippen LogP contribution in [0.2, 0.25) is 0 Å². The number of nitrogens with two attached hydrogens (primary N) is 1. The summed E-state index contributed by atoms with van der Waals surface area (Å²) in [5.41, 5.74) is 7.96. The quantitative estimate of drug-likeness (QED) is 0.792. The van der Waals surface area contributed by atoms with E-state index in [1.807, 2.05) is 0 Å². The van der Waals surface area contributed by atoms with Crippen molar-refractivity contribution in [2.45, 2.75) is 19.5 Å². The van der Waals surface area contributed by atoms with Gasteiger partial charge in [0, 0.05) is 31.4 Å². The molecular weight excluding hydrogens is 188 g/mol. The first-order chi connectivity index (χ1) is 7.35. The van der Waals surface area contributed by atoms with Gasteiger partial charge in [-0.25, -0.2) is 0 Å². The molecule has 3 N–H and O–H groups in total. The van der Waals surface area contributed by atoms with Crippen LogP contribution >= 0.6 is 0 Å². The lowest BCUT2D eigenvalue weighted by Crippen LogP contribution is -2.00. The molecule has 2 aromatic rings. The van der Waals surface area contributed by atoms with Crippen molar-refractivity contribution >= 4 is 10.9 Å². The van der Waals surface area contributed by atoms with Crippen molar-refractivity contribution in [2.24, 2.45) is 5.73 Å². The molecule has 0 aliphatic carbocycles. The Hall–Kier alpha value is -1.32. The van der Waals surface area contributed by atoms with Crippen LogP contribution < -0.4 is 5.73 Å². The molecule has 0 radical (unpaired) electrons. The van der Waals surface area contributed by atoms with Crippen molar-refractivity contribution < 1.29 is 5.11 Å². The number of aryl methyl sites for hydroxylation is 1. The summed E-state index contributed by atoms with van der Waals surface area (Å²) in [6.45, 7) is 1.66. The van der Waals surface area contributed by atoms with Gasteiger partial charge >= 0.3 is 0 Å². The molecule has 0 fully saturated rings. The highest BCUT2D eigenvalue weighted by molar-refractivity contribution is 5.80. The molecule has 1 heterocycles. The van der Waals surface area contributed by atoms with Crippen LogP contribution in [0.3, 0.4) is 0 Å². The molecule has 15 heavy (non-hydrogen) atoms. The van der Waals surface area contributed by atoms with Crippen LogP contribution in [0.1, 0.15) is 12.0 Å². The van der Waals surface area contributed by atoms with E-state index in [2.05, 4.69) is 35.0 Å². The van der Waals surface area contributed by atoms with E-state index in [1.165, 1.54) is 10.9 Å². The fourth-order valence-corrected chi connectivity index (χ4v) is 1.79. The van der Waals surface area contributed by atoms with Crippen LogP contribution in [0, 0.1) is 0 Å². The van der Waals surface area contributed by atoms with Crippen LogP contribution in [0.25, 0.3) is 10.9 Å². The van der Waals surface area contributed by atoms with Gasteiger partial charge in [0.05, 0.1) is 0 Å². The highest BCUT2D eigenvalue weighted by Crippen LogP contribution is 2.17. The maximum Gasteiger partial charge on any atom is 0.0483 e. The molecular formula is C12H16N2O. The van der Waals surface area contributed by atoms with Crippen LogP contribution in [0.5, 0.6) is 0 Å². The molecule has 0 spiro atoms. The molecule has 3 heteroatoms. The Bertz CT molecular complexity index is 448. The molecule has 0 aliphatic heterocycles. The molecule has 0 saturated carbocycles. The molecule has 2 rings (SSSR count). The highest BCUT2D eigenvalue weighted by Gasteiger charge is 2.01. The van der Waals surface area contributed by atoms with Crippen LogP contribution in [-0.4, -0.2) is 16.3 Å². The molecule has 0 atom stereocenters. The van der Waals surface area contributed by atoms with Crippen molar-refractivity contribution in [3.8, 4) is 0 Å². The first kappa shape index (κ1) is 10.2. The minimum Gasteiger partial charge on any atom is -0.396 e. The van der Waals surface area contributed by atoms with Crippen LogP contribution in [0.15, 0.2) is 30.5 Å². The minimum absolute atomic E-state index is 0.232.